The molecule has 0 aromatic heterocycles. The summed E-state index contributed by atoms with van der Waals surface area (Å²) >= 11 is 0. The molecule has 0 aliphatic heterocycles. The average Bonchev–Trinajstić information content (AvgIpc) is 2.24. The molecule has 17 heavy (non-hydrogen) atoms. The van der Waals surface area contributed by atoms with Crippen LogP contribution < -0.4 is 11.1 Å². The van der Waals surface area contributed by atoms with Crippen molar-refractivity contribution in [3.63, 3.8) is 0 Å². The molecule has 1 aliphatic carbocycles. The predicted molar refractivity (Wildman–Crippen MR) is 66.3 cm³/mol. The van der Waals surface area contributed by atoms with Gasteiger partial charge in [0.1, 0.15) is 5.82 Å². The maximum absolute atomic E-state index is 13.2. The van der Waals surface area contributed by atoms with Crippen LogP contribution in [0.1, 0.15) is 24.8 Å². The van der Waals surface area contributed by atoms with Crippen LogP contribution in [-0.2, 0) is 11.3 Å². The highest BCUT2D eigenvalue weighted by molar-refractivity contribution is 5.87. The average molecular weight is 259 g/mol. The number of nitrogens with two attached hydrogens (primary N) is 1. The Kier molecular flexibility index (Phi) is 4.48. The minimum atomic E-state index is -0.717. The first kappa shape index (κ1) is 13.9. The Morgan fingerprint density at radius 2 is 2.06 bits per heavy atom. The third-order valence-corrected chi connectivity index (χ3v) is 3.10. The molecule has 1 fully saturated rings. The van der Waals surface area contributed by atoms with Crippen molar-refractivity contribution in [3.8, 4) is 0 Å². The van der Waals surface area contributed by atoms with E-state index in [2.05, 4.69) is 5.32 Å². The summed E-state index contributed by atoms with van der Waals surface area (Å²) in [6, 6.07) is 6.39. The van der Waals surface area contributed by atoms with Gasteiger partial charge in [0.25, 0.3) is 0 Å². The van der Waals surface area contributed by atoms with Crippen molar-refractivity contribution in [2.75, 3.05) is 0 Å². The van der Waals surface area contributed by atoms with Gasteiger partial charge >= 0.3 is 0 Å². The Morgan fingerprint density at radius 1 is 1.41 bits per heavy atom. The Morgan fingerprint density at radius 3 is 2.59 bits per heavy atom. The summed E-state index contributed by atoms with van der Waals surface area (Å²) in [5.74, 6) is -0.482. The summed E-state index contributed by atoms with van der Waals surface area (Å²) in [5.41, 5.74) is 5.61. The van der Waals surface area contributed by atoms with Crippen LogP contribution in [0.4, 0.5) is 4.39 Å². The third kappa shape index (κ3) is 2.96. The van der Waals surface area contributed by atoms with E-state index in [9.17, 15) is 9.18 Å². The standard InChI is InChI=1S/C12H15FN2O.ClH/c13-10-5-2-1-4-9(10)8-15-11(16)12(14)6-3-7-12;/h1-2,4-5H,3,6-8,14H2,(H,15,16);1H. The zero-order valence-corrected chi connectivity index (χ0v) is 10.2. The summed E-state index contributed by atoms with van der Waals surface area (Å²) in [7, 11) is 0. The summed E-state index contributed by atoms with van der Waals surface area (Å²) in [6.45, 7) is 0.199. The first-order valence-electron chi connectivity index (χ1n) is 5.42. The van der Waals surface area contributed by atoms with Gasteiger partial charge < -0.3 is 11.1 Å². The van der Waals surface area contributed by atoms with Crippen LogP contribution >= 0.6 is 12.4 Å². The minimum absolute atomic E-state index is 0. The first-order valence-corrected chi connectivity index (χ1v) is 5.42. The van der Waals surface area contributed by atoms with E-state index in [-0.39, 0.29) is 30.7 Å². The number of rotatable bonds is 3. The Hall–Kier alpha value is -1.13. The molecule has 1 saturated carbocycles. The molecule has 0 spiro atoms. The lowest BCUT2D eigenvalue weighted by Gasteiger charge is -2.36. The van der Waals surface area contributed by atoms with Crippen molar-refractivity contribution in [3.05, 3.63) is 35.6 Å². The van der Waals surface area contributed by atoms with Crippen molar-refractivity contribution in [2.24, 2.45) is 5.73 Å². The van der Waals surface area contributed by atoms with Crippen molar-refractivity contribution >= 4 is 18.3 Å². The molecule has 0 atom stereocenters. The number of amides is 1. The molecule has 1 aromatic carbocycles. The van der Waals surface area contributed by atoms with E-state index < -0.39 is 5.54 Å². The fraction of sp³-hybridized carbons (Fsp3) is 0.417. The molecule has 0 saturated heterocycles. The Bertz CT molecular complexity index is 407. The fourth-order valence-corrected chi connectivity index (χ4v) is 1.78. The largest absolute Gasteiger partial charge is 0.350 e. The van der Waals surface area contributed by atoms with Gasteiger partial charge in [-0.1, -0.05) is 18.2 Å². The highest BCUT2D eigenvalue weighted by Gasteiger charge is 2.39. The van der Waals surface area contributed by atoms with Crippen LogP contribution in [0.2, 0.25) is 0 Å². The van der Waals surface area contributed by atoms with E-state index in [4.69, 9.17) is 5.73 Å². The Balaban J connectivity index is 0.00000144. The summed E-state index contributed by atoms with van der Waals surface area (Å²) in [4.78, 5) is 11.7. The molecule has 5 heteroatoms. The zero-order chi connectivity index (χ0) is 11.6. The van der Waals surface area contributed by atoms with Crippen molar-refractivity contribution in [2.45, 2.75) is 31.3 Å². The summed E-state index contributed by atoms with van der Waals surface area (Å²) in [6.07, 6.45) is 2.43. The molecule has 0 bridgehead atoms. The van der Waals surface area contributed by atoms with Gasteiger partial charge in [-0.15, -0.1) is 12.4 Å². The molecular weight excluding hydrogens is 243 g/mol. The van der Waals surface area contributed by atoms with E-state index in [0.29, 0.717) is 5.56 Å². The van der Waals surface area contributed by atoms with E-state index in [1.54, 1.807) is 18.2 Å². The van der Waals surface area contributed by atoms with Gasteiger partial charge in [0.05, 0.1) is 5.54 Å². The molecule has 1 amide bonds. The van der Waals surface area contributed by atoms with Gasteiger partial charge in [0.2, 0.25) is 5.91 Å². The van der Waals surface area contributed by atoms with Crippen molar-refractivity contribution in [1.82, 2.24) is 5.32 Å². The van der Waals surface area contributed by atoms with Gasteiger partial charge in [-0.05, 0) is 25.3 Å². The molecule has 2 rings (SSSR count). The SMILES string of the molecule is Cl.NC1(C(=O)NCc2ccccc2F)CCC1. The molecular formula is C12H16ClFN2O. The lowest BCUT2D eigenvalue weighted by Crippen LogP contribution is -2.58. The second-order valence-corrected chi connectivity index (χ2v) is 4.28. The van der Waals surface area contributed by atoms with Crippen molar-refractivity contribution in [1.29, 1.82) is 0 Å². The maximum Gasteiger partial charge on any atom is 0.240 e. The minimum Gasteiger partial charge on any atom is -0.350 e. The molecule has 94 valence electrons. The fourth-order valence-electron chi connectivity index (χ4n) is 1.78. The third-order valence-electron chi connectivity index (χ3n) is 3.10. The number of nitrogens with one attached hydrogen (secondary N) is 1. The monoisotopic (exact) mass is 258 g/mol. The molecule has 1 aliphatic rings. The number of halogens is 2. The van der Waals surface area contributed by atoms with Crippen LogP contribution in [0.25, 0.3) is 0 Å². The van der Waals surface area contributed by atoms with E-state index in [1.165, 1.54) is 6.07 Å². The molecule has 1 aromatic rings. The maximum atomic E-state index is 13.2. The highest BCUT2D eigenvalue weighted by atomic mass is 35.5. The van der Waals surface area contributed by atoms with Gasteiger partial charge in [-0.3, -0.25) is 4.79 Å². The van der Waals surface area contributed by atoms with Crippen LogP contribution in [0.3, 0.4) is 0 Å². The molecule has 3 nitrogen and oxygen atoms in total. The van der Waals surface area contributed by atoms with E-state index in [1.807, 2.05) is 0 Å². The normalized spacial score (nSPS) is 16.6. The smallest absolute Gasteiger partial charge is 0.240 e. The van der Waals surface area contributed by atoms with Crippen molar-refractivity contribution < 1.29 is 9.18 Å². The number of carbonyl (C=O) groups is 1. The lowest BCUT2D eigenvalue weighted by molar-refractivity contribution is -0.129. The second kappa shape index (κ2) is 5.47. The number of hydrogen-bond acceptors (Lipinski definition) is 2. The van der Waals surface area contributed by atoms with Crippen LogP contribution in [0.15, 0.2) is 24.3 Å². The number of carbonyl (C=O) groups excluding carboxylic acids is 1. The second-order valence-electron chi connectivity index (χ2n) is 4.28. The van der Waals surface area contributed by atoms with Gasteiger partial charge in [0.15, 0.2) is 0 Å². The molecule has 3 N–H and O–H groups in total. The predicted octanol–water partition coefficient (Wildman–Crippen LogP) is 1.75. The van der Waals surface area contributed by atoms with Crippen LogP contribution in [0.5, 0.6) is 0 Å². The highest BCUT2D eigenvalue weighted by Crippen LogP contribution is 2.29. The van der Waals surface area contributed by atoms with Crippen LogP contribution in [-0.4, -0.2) is 11.4 Å². The first-order chi connectivity index (χ1) is 7.62. The van der Waals surface area contributed by atoms with Gasteiger partial charge in [-0.2, -0.15) is 0 Å². The number of benzene rings is 1. The molecule has 0 heterocycles. The lowest BCUT2D eigenvalue weighted by atomic mass is 9.77. The van der Waals surface area contributed by atoms with E-state index >= 15 is 0 Å². The van der Waals surface area contributed by atoms with E-state index in [0.717, 1.165) is 19.3 Å². The topological polar surface area (TPSA) is 55.1 Å². The van der Waals surface area contributed by atoms with Crippen LogP contribution in [0, 0.1) is 5.82 Å². The zero-order valence-electron chi connectivity index (χ0n) is 9.41. The molecule has 0 unspecified atom stereocenters. The number of hydrogen-bond donors (Lipinski definition) is 2. The summed E-state index contributed by atoms with van der Waals surface area (Å²) in [5, 5.41) is 2.68. The van der Waals surface area contributed by atoms with Gasteiger partial charge in [-0.25, -0.2) is 4.39 Å². The van der Waals surface area contributed by atoms with Gasteiger partial charge in [0, 0.05) is 12.1 Å². The molecule has 0 radical (unpaired) electrons. The summed E-state index contributed by atoms with van der Waals surface area (Å²) < 4.78 is 13.2. The quantitative estimate of drug-likeness (QED) is 0.868. The Labute approximate surface area is 106 Å².